The summed E-state index contributed by atoms with van der Waals surface area (Å²) in [5, 5.41) is 2.71. The molecule has 0 spiro atoms. The quantitative estimate of drug-likeness (QED) is 0.656. The van der Waals surface area contributed by atoms with Crippen molar-refractivity contribution in [2.24, 2.45) is 0 Å². The molecular weight excluding hydrogens is 394 g/mol. The molecule has 28 heavy (non-hydrogen) atoms. The molecule has 0 bridgehead atoms. The zero-order chi connectivity index (χ0) is 20.7. The van der Waals surface area contributed by atoms with Crippen molar-refractivity contribution in [1.29, 1.82) is 0 Å². The number of amides is 1. The van der Waals surface area contributed by atoms with E-state index < -0.39 is 16.6 Å². The molecule has 0 aliphatic heterocycles. The molecule has 0 atom stereocenters. The van der Waals surface area contributed by atoms with E-state index in [2.05, 4.69) is 14.8 Å². The van der Waals surface area contributed by atoms with Crippen LogP contribution in [0.3, 0.4) is 0 Å². The van der Waals surface area contributed by atoms with Gasteiger partial charge in [0.1, 0.15) is 0 Å². The first-order valence-corrected chi connectivity index (χ1v) is 9.68. The van der Waals surface area contributed by atoms with Gasteiger partial charge in [0.15, 0.2) is 11.5 Å². The third kappa shape index (κ3) is 5.64. The maximum absolute atomic E-state index is 12.3. The number of carbonyl (C=O) groups is 1. The van der Waals surface area contributed by atoms with Gasteiger partial charge in [0.25, 0.3) is 5.91 Å². The van der Waals surface area contributed by atoms with Gasteiger partial charge >= 0.3 is 6.61 Å². The summed E-state index contributed by atoms with van der Waals surface area (Å²) in [6.07, 6.45) is 0.434. The average molecular weight is 414 g/mol. The molecule has 0 aliphatic rings. The molecule has 2 aromatic carbocycles. The molecule has 0 aromatic heterocycles. The predicted octanol–water partition coefficient (Wildman–Crippen LogP) is 2.18. The van der Waals surface area contributed by atoms with E-state index in [4.69, 9.17) is 4.74 Å². The summed E-state index contributed by atoms with van der Waals surface area (Å²) >= 11 is 0. The molecule has 0 radical (unpaired) electrons. The number of halogens is 2. The second-order valence-electron chi connectivity index (χ2n) is 5.60. The summed E-state index contributed by atoms with van der Waals surface area (Å²) < 4.78 is 59.6. The highest BCUT2D eigenvalue weighted by atomic mass is 32.2. The lowest BCUT2D eigenvalue weighted by molar-refractivity contribution is -0.0512. The summed E-state index contributed by atoms with van der Waals surface area (Å²) in [4.78, 5) is 12.2. The maximum atomic E-state index is 12.3. The number of carbonyl (C=O) groups excluding carboxylic acids is 1. The van der Waals surface area contributed by atoms with Gasteiger partial charge < -0.3 is 14.8 Å². The standard InChI is InChI=1S/C18H20F2N2O5S/c1-21-28(24,25)14-6-4-13(5-7-14)17(23)22-10-9-12-3-8-15(27-18(19)20)16(11-12)26-2/h3-8,11,18,21H,9-10H2,1-2H3,(H,22,23). The monoisotopic (exact) mass is 414 g/mol. The molecule has 0 unspecified atom stereocenters. The molecule has 0 aliphatic carbocycles. The molecule has 0 fully saturated rings. The van der Waals surface area contributed by atoms with Gasteiger partial charge in [0, 0.05) is 12.1 Å². The fourth-order valence-corrected chi connectivity index (χ4v) is 3.12. The Labute approximate surface area is 161 Å². The van der Waals surface area contributed by atoms with Crippen LogP contribution in [0.1, 0.15) is 15.9 Å². The minimum atomic E-state index is -3.56. The highest BCUT2D eigenvalue weighted by Gasteiger charge is 2.13. The SMILES string of the molecule is CNS(=O)(=O)c1ccc(C(=O)NCCc2ccc(OC(F)F)c(OC)c2)cc1. The number of sulfonamides is 1. The molecule has 0 saturated carbocycles. The topological polar surface area (TPSA) is 93.7 Å². The van der Waals surface area contributed by atoms with Crippen LogP contribution in [0.2, 0.25) is 0 Å². The van der Waals surface area contributed by atoms with Crippen LogP contribution in [0.4, 0.5) is 8.78 Å². The Morgan fingerprint density at radius 2 is 1.79 bits per heavy atom. The normalized spacial score (nSPS) is 11.3. The van der Waals surface area contributed by atoms with E-state index in [0.29, 0.717) is 12.0 Å². The minimum absolute atomic E-state index is 0.0600. The third-order valence-corrected chi connectivity index (χ3v) is 5.27. The van der Waals surface area contributed by atoms with E-state index in [1.165, 1.54) is 44.5 Å². The summed E-state index contributed by atoms with van der Waals surface area (Å²) in [6, 6.07) is 10.0. The smallest absolute Gasteiger partial charge is 0.387 e. The van der Waals surface area contributed by atoms with Crippen LogP contribution >= 0.6 is 0 Å². The van der Waals surface area contributed by atoms with Crippen LogP contribution in [0.5, 0.6) is 11.5 Å². The molecule has 2 N–H and O–H groups in total. The molecule has 0 heterocycles. The van der Waals surface area contributed by atoms with Crippen LogP contribution in [-0.4, -0.2) is 41.6 Å². The predicted molar refractivity (Wildman–Crippen MR) is 98.4 cm³/mol. The summed E-state index contributed by atoms with van der Waals surface area (Å²) in [7, 11) is -0.915. The number of alkyl halides is 2. The lowest BCUT2D eigenvalue weighted by Crippen LogP contribution is -2.26. The van der Waals surface area contributed by atoms with E-state index >= 15 is 0 Å². The van der Waals surface area contributed by atoms with Crippen molar-refractivity contribution in [3.05, 3.63) is 53.6 Å². The van der Waals surface area contributed by atoms with Crippen LogP contribution < -0.4 is 19.5 Å². The van der Waals surface area contributed by atoms with Gasteiger partial charge in [-0.3, -0.25) is 4.79 Å². The molecule has 7 nitrogen and oxygen atoms in total. The Bertz CT molecular complexity index is 918. The molecule has 1 amide bonds. The summed E-state index contributed by atoms with van der Waals surface area (Å²) in [6.45, 7) is -2.67. The van der Waals surface area contributed by atoms with Crippen LogP contribution in [-0.2, 0) is 16.4 Å². The second kappa shape index (κ2) is 9.47. The molecule has 10 heteroatoms. The largest absolute Gasteiger partial charge is 0.493 e. The Morgan fingerprint density at radius 3 is 2.36 bits per heavy atom. The van der Waals surface area contributed by atoms with Gasteiger partial charge in [-0.1, -0.05) is 6.07 Å². The Balaban J connectivity index is 1.95. The van der Waals surface area contributed by atoms with Gasteiger partial charge in [-0.2, -0.15) is 8.78 Å². The van der Waals surface area contributed by atoms with Crippen molar-refractivity contribution in [1.82, 2.24) is 10.0 Å². The number of hydrogen-bond donors (Lipinski definition) is 2. The second-order valence-corrected chi connectivity index (χ2v) is 7.49. The third-order valence-electron chi connectivity index (χ3n) is 3.84. The van der Waals surface area contributed by atoms with Crippen molar-refractivity contribution in [2.75, 3.05) is 20.7 Å². The van der Waals surface area contributed by atoms with Crippen LogP contribution in [0, 0.1) is 0 Å². The lowest BCUT2D eigenvalue weighted by atomic mass is 10.1. The van der Waals surface area contributed by atoms with Gasteiger partial charge in [0.05, 0.1) is 12.0 Å². The van der Waals surface area contributed by atoms with Crippen LogP contribution in [0.25, 0.3) is 0 Å². The first-order valence-electron chi connectivity index (χ1n) is 8.20. The minimum Gasteiger partial charge on any atom is -0.493 e. The maximum Gasteiger partial charge on any atom is 0.387 e. The molecular formula is C18H20F2N2O5S. The van der Waals surface area contributed by atoms with Crippen molar-refractivity contribution in [2.45, 2.75) is 17.9 Å². The van der Waals surface area contributed by atoms with E-state index in [-0.39, 0.29) is 28.8 Å². The van der Waals surface area contributed by atoms with Crippen molar-refractivity contribution < 1.29 is 31.5 Å². The summed E-state index contributed by atoms with van der Waals surface area (Å²) in [5.41, 5.74) is 1.07. The Morgan fingerprint density at radius 1 is 1.11 bits per heavy atom. The van der Waals surface area contributed by atoms with Crippen molar-refractivity contribution >= 4 is 15.9 Å². The molecule has 0 saturated heterocycles. The van der Waals surface area contributed by atoms with E-state index in [0.717, 1.165) is 5.56 Å². The molecule has 2 aromatic rings. The zero-order valence-electron chi connectivity index (χ0n) is 15.2. The number of benzene rings is 2. The number of ether oxygens (including phenoxy) is 2. The van der Waals surface area contributed by atoms with E-state index in [1.807, 2.05) is 0 Å². The average Bonchev–Trinajstić information content (AvgIpc) is 2.68. The number of methoxy groups -OCH3 is 1. The number of hydrogen-bond acceptors (Lipinski definition) is 5. The van der Waals surface area contributed by atoms with E-state index in [9.17, 15) is 22.0 Å². The number of rotatable bonds is 9. The Hall–Kier alpha value is -2.72. The van der Waals surface area contributed by atoms with Crippen LogP contribution in [0.15, 0.2) is 47.4 Å². The van der Waals surface area contributed by atoms with Crippen molar-refractivity contribution in [3.63, 3.8) is 0 Å². The first-order chi connectivity index (χ1) is 13.3. The summed E-state index contributed by atoms with van der Waals surface area (Å²) in [5.74, 6) is -0.259. The molecule has 152 valence electrons. The highest BCUT2D eigenvalue weighted by molar-refractivity contribution is 7.89. The Kier molecular flexibility index (Phi) is 7.30. The highest BCUT2D eigenvalue weighted by Crippen LogP contribution is 2.29. The zero-order valence-corrected chi connectivity index (χ0v) is 16.1. The fourth-order valence-electron chi connectivity index (χ4n) is 2.39. The molecule has 2 rings (SSSR count). The number of nitrogens with one attached hydrogen (secondary N) is 2. The van der Waals surface area contributed by atoms with E-state index in [1.54, 1.807) is 12.1 Å². The van der Waals surface area contributed by atoms with Gasteiger partial charge in [-0.05, 0) is 55.4 Å². The van der Waals surface area contributed by atoms with Gasteiger partial charge in [-0.25, -0.2) is 13.1 Å². The van der Waals surface area contributed by atoms with Gasteiger partial charge in [0.2, 0.25) is 10.0 Å². The fraction of sp³-hybridized carbons (Fsp3) is 0.278. The van der Waals surface area contributed by atoms with Gasteiger partial charge in [-0.15, -0.1) is 0 Å². The first kappa shape index (κ1) is 21.6. The van der Waals surface area contributed by atoms with Crippen molar-refractivity contribution in [3.8, 4) is 11.5 Å². The lowest BCUT2D eigenvalue weighted by Gasteiger charge is -2.12.